The molecule has 0 bridgehead atoms. The molecule has 1 aromatic rings. The number of benzene rings is 1. The molecule has 0 atom stereocenters. The molecule has 0 radical (unpaired) electrons. The van der Waals surface area contributed by atoms with E-state index in [0.717, 1.165) is 17.0 Å². The Bertz CT molecular complexity index is 328. The van der Waals surface area contributed by atoms with Crippen LogP contribution < -0.4 is 4.72 Å². The molecule has 4 heteroatoms. The summed E-state index contributed by atoms with van der Waals surface area (Å²) < 4.78 is 8.09. The summed E-state index contributed by atoms with van der Waals surface area (Å²) in [6.45, 7) is 2.28. The Labute approximate surface area is 94.3 Å². The van der Waals surface area contributed by atoms with Gasteiger partial charge in [0, 0.05) is 24.1 Å². The first-order chi connectivity index (χ1) is 7.24. The van der Waals surface area contributed by atoms with Crippen molar-refractivity contribution >= 4 is 23.4 Å². The molecule has 0 unspecified atom stereocenters. The van der Waals surface area contributed by atoms with E-state index in [9.17, 15) is 4.79 Å². The highest BCUT2D eigenvalue weighted by Gasteiger charge is 1.99. The van der Waals surface area contributed by atoms with Gasteiger partial charge in [0.2, 0.25) is 0 Å². The van der Waals surface area contributed by atoms with Gasteiger partial charge < -0.3 is 9.46 Å². The van der Waals surface area contributed by atoms with Crippen molar-refractivity contribution in [3.63, 3.8) is 0 Å². The van der Waals surface area contributed by atoms with E-state index in [1.54, 1.807) is 26.0 Å². The zero-order valence-electron chi connectivity index (χ0n) is 8.95. The van der Waals surface area contributed by atoms with E-state index in [0.29, 0.717) is 6.61 Å². The highest BCUT2D eigenvalue weighted by atomic mass is 32.2. The van der Waals surface area contributed by atoms with Crippen LogP contribution in [-0.2, 0) is 4.74 Å². The van der Waals surface area contributed by atoms with Gasteiger partial charge in [-0.05, 0) is 19.1 Å². The largest absolute Gasteiger partial charge is 0.384 e. The average molecular weight is 225 g/mol. The first kappa shape index (κ1) is 12.1. The lowest BCUT2D eigenvalue weighted by molar-refractivity contribution is 0.101. The first-order valence-corrected chi connectivity index (χ1v) is 5.70. The molecule has 1 N–H and O–H groups in total. The SMILES string of the molecule is COCCSNc1cccc(C(C)=O)c1. The van der Waals surface area contributed by atoms with Gasteiger partial charge in [0.25, 0.3) is 0 Å². The normalized spacial score (nSPS) is 10.0. The topological polar surface area (TPSA) is 38.3 Å². The Kier molecular flexibility index (Phi) is 5.21. The summed E-state index contributed by atoms with van der Waals surface area (Å²) in [6.07, 6.45) is 0. The molecule has 0 aliphatic carbocycles. The fraction of sp³-hybridized carbons (Fsp3) is 0.364. The van der Waals surface area contributed by atoms with Crippen molar-refractivity contribution < 1.29 is 9.53 Å². The van der Waals surface area contributed by atoms with Gasteiger partial charge in [-0.2, -0.15) is 0 Å². The standard InChI is InChI=1S/C11H15NO2S/c1-9(13)10-4-3-5-11(8-10)12-15-7-6-14-2/h3-5,8,12H,6-7H2,1-2H3. The van der Waals surface area contributed by atoms with Crippen molar-refractivity contribution in [2.24, 2.45) is 0 Å². The molecule has 15 heavy (non-hydrogen) atoms. The summed E-state index contributed by atoms with van der Waals surface area (Å²) in [5.74, 6) is 0.960. The van der Waals surface area contributed by atoms with E-state index in [4.69, 9.17) is 4.74 Å². The van der Waals surface area contributed by atoms with Crippen LogP contribution in [-0.4, -0.2) is 25.3 Å². The van der Waals surface area contributed by atoms with Crippen molar-refractivity contribution in [1.82, 2.24) is 0 Å². The molecule has 0 fully saturated rings. The molecule has 1 rings (SSSR count). The molecular formula is C11H15NO2S. The number of hydrogen-bond donors (Lipinski definition) is 1. The van der Waals surface area contributed by atoms with Crippen molar-refractivity contribution in [3.05, 3.63) is 29.8 Å². The second-order valence-electron chi connectivity index (χ2n) is 3.08. The Morgan fingerprint density at radius 3 is 3.00 bits per heavy atom. The number of carbonyl (C=O) groups is 1. The molecule has 0 saturated carbocycles. The van der Waals surface area contributed by atoms with Gasteiger partial charge in [0.1, 0.15) is 0 Å². The lowest BCUT2D eigenvalue weighted by Crippen LogP contribution is -1.97. The Hall–Kier alpha value is -1.00. The summed E-state index contributed by atoms with van der Waals surface area (Å²) in [5, 5.41) is 0. The van der Waals surface area contributed by atoms with E-state index < -0.39 is 0 Å². The molecule has 82 valence electrons. The average Bonchev–Trinajstić information content (AvgIpc) is 2.25. The van der Waals surface area contributed by atoms with Crippen LogP contribution in [0.25, 0.3) is 0 Å². The van der Waals surface area contributed by atoms with Crippen LogP contribution in [0.5, 0.6) is 0 Å². The predicted octanol–water partition coefficient (Wildman–Crippen LogP) is 2.60. The second kappa shape index (κ2) is 6.48. The second-order valence-corrected chi connectivity index (χ2v) is 3.98. The van der Waals surface area contributed by atoms with Gasteiger partial charge in [-0.15, -0.1) is 0 Å². The van der Waals surface area contributed by atoms with Crippen molar-refractivity contribution in [3.8, 4) is 0 Å². The maximum absolute atomic E-state index is 11.1. The Morgan fingerprint density at radius 2 is 2.33 bits per heavy atom. The minimum atomic E-state index is 0.0838. The maximum atomic E-state index is 11.1. The summed E-state index contributed by atoms with van der Waals surface area (Å²) >= 11 is 1.57. The van der Waals surface area contributed by atoms with Crippen LogP contribution in [0.1, 0.15) is 17.3 Å². The molecular weight excluding hydrogens is 210 g/mol. The van der Waals surface area contributed by atoms with E-state index in [-0.39, 0.29) is 5.78 Å². The highest BCUT2D eigenvalue weighted by Crippen LogP contribution is 2.15. The van der Waals surface area contributed by atoms with Gasteiger partial charge in [-0.3, -0.25) is 4.79 Å². The fourth-order valence-electron chi connectivity index (χ4n) is 1.06. The number of Topliss-reactive ketones (excluding diaryl/α,β-unsaturated/α-hetero) is 1. The van der Waals surface area contributed by atoms with Crippen LogP contribution in [0.15, 0.2) is 24.3 Å². The fourth-order valence-corrected chi connectivity index (χ4v) is 1.71. The van der Waals surface area contributed by atoms with Gasteiger partial charge >= 0.3 is 0 Å². The van der Waals surface area contributed by atoms with Gasteiger partial charge in [-0.25, -0.2) is 0 Å². The molecule has 0 aliphatic rings. The molecule has 0 heterocycles. The minimum Gasteiger partial charge on any atom is -0.384 e. The molecule has 0 aromatic heterocycles. The Morgan fingerprint density at radius 1 is 1.53 bits per heavy atom. The number of anilines is 1. The van der Waals surface area contributed by atoms with E-state index in [2.05, 4.69) is 4.72 Å². The van der Waals surface area contributed by atoms with Crippen molar-refractivity contribution in [1.29, 1.82) is 0 Å². The van der Waals surface area contributed by atoms with Gasteiger partial charge in [0.05, 0.1) is 6.61 Å². The maximum Gasteiger partial charge on any atom is 0.159 e. The highest BCUT2D eigenvalue weighted by molar-refractivity contribution is 8.00. The summed E-state index contributed by atoms with van der Waals surface area (Å²) in [7, 11) is 1.68. The van der Waals surface area contributed by atoms with Gasteiger partial charge in [0.15, 0.2) is 5.78 Å². The third-order valence-corrected chi connectivity index (χ3v) is 2.60. The first-order valence-electron chi connectivity index (χ1n) is 4.72. The quantitative estimate of drug-likeness (QED) is 0.459. The lowest BCUT2D eigenvalue weighted by Gasteiger charge is -2.05. The van der Waals surface area contributed by atoms with Crippen LogP contribution in [0, 0.1) is 0 Å². The molecule has 0 amide bonds. The van der Waals surface area contributed by atoms with Crippen LogP contribution in [0.4, 0.5) is 5.69 Å². The summed E-state index contributed by atoms with van der Waals surface area (Å²) in [5.41, 5.74) is 1.68. The number of methoxy groups -OCH3 is 1. The number of hydrogen-bond acceptors (Lipinski definition) is 4. The van der Waals surface area contributed by atoms with Crippen LogP contribution >= 0.6 is 11.9 Å². The zero-order valence-corrected chi connectivity index (χ0v) is 9.76. The summed E-state index contributed by atoms with van der Waals surface area (Å²) in [6, 6.07) is 7.47. The molecule has 0 spiro atoms. The molecule has 0 saturated heterocycles. The van der Waals surface area contributed by atoms with Crippen LogP contribution in [0.3, 0.4) is 0 Å². The van der Waals surface area contributed by atoms with E-state index >= 15 is 0 Å². The minimum absolute atomic E-state index is 0.0838. The molecule has 1 aromatic carbocycles. The zero-order chi connectivity index (χ0) is 11.1. The van der Waals surface area contributed by atoms with Gasteiger partial charge in [-0.1, -0.05) is 24.1 Å². The monoisotopic (exact) mass is 225 g/mol. The number of ketones is 1. The van der Waals surface area contributed by atoms with E-state index in [1.165, 1.54) is 0 Å². The predicted molar refractivity (Wildman–Crippen MR) is 64.4 cm³/mol. The number of rotatable bonds is 6. The number of nitrogens with one attached hydrogen (secondary N) is 1. The molecule has 0 aliphatic heterocycles. The van der Waals surface area contributed by atoms with E-state index in [1.807, 2.05) is 24.3 Å². The molecule has 3 nitrogen and oxygen atoms in total. The van der Waals surface area contributed by atoms with Crippen molar-refractivity contribution in [2.75, 3.05) is 24.2 Å². The smallest absolute Gasteiger partial charge is 0.159 e. The summed E-state index contributed by atoms with van der Waals surface area (Å²) in [4.78, 5) is 11.1. The number of ether oxygens (including phenoxy) is 1. The third kappa shape index (κ3) is 4.36. The Balaban J connectivity index is 2.47. The lowest BCUT2D eigenvalue weighted by atomic mass is 10.1. The third-order valence-electron chi connectivity index (χ3n) is 1.85. The number of carbonyl (C=O) groups excluding carboxylic acids is 1. The van der Waals surface area contributed by atoms with Crippen molar-refractivity contribution in [2.45, 2.75) is 6.92 Å². The van der Waals surface area contributed by atoms with Crippen LogP contribution in [0.2, 0.25) is 0 Å².